The lowest BCUT2D eigenvalue weighted by molar-refractivity contribution is 0.308. The van der Waals surface area contributed by atoms with Gasteiger partial charge in [0.05, 0.1) is 7.11 Å². The summed E-state index contributed by atoms with van der Waals surface area (Å²) in [6, 6.07) is 0. The van der Waals surface area contributed by atoms with E-state index in [2.05, 4.69) is 33.9 Å². The zero-order valence-electron chi connectivity index (χ0n) is 10.5. The molecule has 86 valence electrons. The molecule has 1 heteroatoms. The van der Waals surface area contributed by atoms with Crippen LogP contribution in [0.1, 0.15) is 33.6 Å². The molecule has 1 nitrogen and oxygen atoms in total. The smallest absolute Gasteiger partial charge is 0.111 e. The monoisotopic (exact) mass is 208 g/mol. The Bertz CT molecular complexity index is 236. The SMILES string of the molecule is C=C(/C=C\C(=C)C(C)CCC(C)C)OC. The van der Waals surface area contributed by atoms with Crippen LogP contribution in [0, 0.1) is 11.8 Å². The largest absolute Gasteiger partial charge is 0.497 e. The molecule has 0 aliphatic carbocycles. The molecule has 0 spiro atoms. The van der Waals surface area contributed by atoms with Crippen molar-refractivity contribution in [3.05, 3.63) is 36.6 Å². The van der Waals surface area contributed by atoms with E-state index in [-0.39, 0.29) is 0 Å². The van der Waals surface area contributed by atoms with E-state index >= 15 is 0 Å². The molecule has 0 saturated carbocycles. The summed E-state index contributed by atoms with van der Waals surface area (Å²) in [5, 5.41) is 0. The molecule has 0 aromatic heterocycles. The zero-order valence-corrected chi connectivity index (χ0v) is 10.5. The predicted octanol–water partition coefficient (Wildman–Crippen LogP) is 4.33. The summed E-state index contributed by atoms with van der Waals surface area (Å²) >= 11 is 0. The Morgan fingerprint density at radius 1 is 1.13 bits per heavy atom. The van der Waals surface area contributed by atoms with E-state index in [0.717, 1.165) is 11.5 Å². The lowest BCUT2D eigenvalue weighted by Gasteiger charge is -2.13. The topological polar surface area (TPSA) is 9.23 Å². The van der Waals surface area contributed by atoms with Gasteiger partial charge in [0.1, 0.15) is 5.76 Å². The number of ether oxygens (including phenoxy) is 1. The van der Waals surface area contributed by atoms with Gasteiger partial charge in [-0.25, -0.2) is 0 Å². The van der Waals surface area contributed by atoms with Gasteiger partial charge >= 0.3 is 0 Å². The van der Waals surface area contributed by atoms with Crippen LogP contribution < -0.4 is 0 Å². The van der Waals surface area contributed by atoms with Gasteiger partial charge in [0.25, 0.3) is 0 Å². The first-order chi connectivity index (χ1) is 6.97. The van der Waals surface area contributed by atoms with Crippen molar-refractivity contribution in [2.45, 2.75) is 33.6 Å². The summed E-state index contributed by atoms with van der Waals surface area (Å²) in [6.45, 7) is 14.5. The Morgan fingerprint density at radius 2 is 1.73 bits per heavy atom. The van der Waals surface area contributed by atoms with Crippen molar-refractivity contribution in [3.63, 3.8) is 0 Å². The van der Waals surface area contributed by atoms with Gasteiger partial charge in [-0.1, -0.05) is 52.0 Å². The molecule has 0 fully saturated rings. The summed E-state index contributed by atoms with van der Waals surface area (Å²) in [4.78, 5) is 0. The van der Waals surface area contributed by atoms with Crippen molar-refractivity contribution in [1.29, 1.82) is 0 Å². The fourth-order valence-electron chi connectivity index (χ4n) is 1.20. The first-order valence-corrected chi connectivity index (χ1v) is 5.57. The maximum absolute atomic E-state index is 4.96. The molecule has 0 aromatic carbocycles. The van der Waals surface area contributed by atoms with Crippen molar-refractivity contribution in [1.82, 2.24) is 0 Å². The fraction of sp³-hybridized carbons (Fsp3) is 0.571. The minimum Gasteiger partial charge on any atom is -0.497 e. The Kier molecular flexibility index (Phi) is 6.85. The van der Waals surface area contributed by atoms with Crippen LogP contribution in [-0.4, -0.2) is 7.11 Å². The van der Waals surface area contributed by atoms with Crippen LogP contribution in [0.25, 0.3) is 0 Å². The molecule has 15 heavy (non-hydrogen) atoms. The summed E-state index contributed by atoms with van der Waals surface area (Å²) < 4.78 is 4.96. The molecule has 1 unspecified atom stereocenters. The Labute approximate surface area is 94.5 Å². The number of methoxy groups -OCH3 is 1. The fourth-order valence-corrected chi connectivity index (χ4v) is 1.20. The average molecular weight is 208 g/mol. The maximum Gasteiger partial charge on any atom is 0.111 e. The molecule has 0 aliphatic rings. The van der Waals surface area contributed by atoms with Crippen LogP contribution in [0.4, 0.5) is 0 Å². The van der Waals surface area contributed by atoms with Gasteiger partial charge in [-0.05, 0) is 24.3 Å². The van der Waals surface area contributed by atoms with Crippen molar-refractivity contribution in [2.75, 3.05) is 7.11 Å². The van der Waals surface area contributed by atoms with Crippen LogP contribution in [-0.2, 0) is 4.74 Å². The molecule has 0 saturated heterocycles. The molecular weight excluding hydrogens is 184 g/mol. The normalized spacial score (nSPS) is 13.1. The molecule has 0 rings (SSSR count). The first-order valence-electron chi connectivity index (χ1n) is 5.57. The third kappa shape index (κ3) is 7.01. The molecule has 0 heterocycles. The quantitative estimate of drug-likeness (QED) is 0.447. The van der Waals surface area contributed by atoms with Crippen LogP contribution in [0.2, 0.25) is 0 Å². The van der Waals surface area contributed by atoms with E-state index in [1.165, 1.54) is 12.8 Å². The van der Waals surface area contributed by atoms with Gasteiger partial charge in [-0.3, -0.25) is 0 Å². The van der Waals surface area contributed by atoms with Crippen molar-refractivity contribution >= 4 is 0 Å². The highest BCUT2D eigenvalue weighted by Crippen LogP contribution is 2.19. The van der Waals surface area contributed by atoms with Gasteiger partial charge < -0.3 is 4.74 Å². The maximum atomic E-state index is 4.96. The highest BCUT2D eigenvalue weighted by Gasteiger charge is 2.05. The van der Waals surface area contributed by atoms with Gasteiger partial charge in [0, 0.05) is 0 Å². The molecular formula is C14H24O. The summed E-state index contributed by atoms with van der Waals surface area (Å²) in [5.74, 6) is 1.97. The number of rotatable bonds is 7. The first kappa shape index (κ1) is 14.0. The number of hydrogen-bond donors (Lipinski definition) is 0. The van der Waals surface area contributed by atoms with Crippen molar-refractivity contribution < 1.29 is 4.74 Å². The van der Waals surface area contributed by atoms with E-state index in [0.29, 0.717) is 11.7 Å². The van der Waals surface area contributed by atoms with Gasteiger partial charge in [0.15, 0.2) is 0 Å². The van der Waals surface area contributed by atoms with E-state index in [4.69, 9.17) is 4.74 Å². The lowest BCUT2D eigenvalue weighted by atomic mass is 9.93. The molecule has 0 aliphatic heterocycles. The van der Waals surface area contributed by atoms with E-state index in [1.54, 1.807) is 7.11 Å². The summed E-state index contributed by atoms with van der Waals surface area (Å²) in [6.07, 6.45) is 6.31. The minimum absolute atomic E-state index is 0.535. The zero-order chi connectivity index (χ0) is 11.8. The van der Waals surface area contributed by atoms with Crippen LogP contribution in [0.3, 0.4) is 0 Å². The molecule has 0 radical (unpaired) electrons. The second kappa shape index (κ2) is 7.33. The van der Waals surface area contributed by atoms with Gasteiger partial charge in [0.2, 0.25) is 0 Å². The third-order valence-electron chi connectivity index (χ3n) is 2.56. The second-order valence-corrected chi connectivity index (χ2v) is 4.45. The van der Waals surface area contributed by atoms with Gasteiger partial charge in [-0.2, -0.15) is 0 Å². The Morgan fingerprint density at radius 3 is 2.20 bits per heavy atom. The Hall–Kier alpha value is -0.980. The molecule has 0 amide bonds. The van der Waals surface area contributed by atoms with Crippen LogP contribution in [0.5, 0.6) is 0 Å². The summed E-state index contributed by atoms with van der Waals surface area (Å²) in [5.41, 5.74) is 1.15. The average Bonchev–Trinajstić information content (AvgIpc) is 2.21. The van der Waals surface area contributed by atoms with E-state index in [1.807, 2.05) is 12.2 Å². The van der Waals surface area contributed by atoms with Crippen molar-refractivity contribution in [2.24, 2.45) is 11.8 Å². The van der Waals surface area contributed by atoms with E-state index < -0.39 is 0 Å². The van der Waals surface area contributed by atoms with Gasteiger partial charge in [-0.15, -0.1) is 0 Å². The molecule has 0 aromatic rings. The van der Waals surface area contributed by atoms with Crippen LogP contribution >= 0.6 is 0 Å². The molecule has 0 N–H and O–H groups in total. The van der Waals surface area contributed by atoms with Crippen LogP contribution in [0.15, 0.2) is 36.6 Å². The third-order valence-corrected chi connectivity index (χ3v) is 2.56. The summed E-state index contributed by atoms with van der Waals surface area (Å²) in [7, 11) is 1.62. The predicted molar refractivity (Wildman–Crippen MR) is 67.7 cm³/mol. The number of hydrogen-bond acceptors (Lipinski definition) is 1. The molecule has 1 atom stereocenters. The standard InChI is InChI=1S/C14H24O/c1-11(2)7-8-12(3)13(4)9-10-14(5)15-6/h9-12H,4-5,7-8H2,1-3,6H3/b10-9-. The minimum atomic E-state index is 0.535. The highest BCUT2D eigenvalue weighted by molar-refractivity contribution is 5.22. The van der Waals surface area contributed by atoms with Crippen molar-refractivity contribution in [3.8, 4) is 0 Å². The highest BCUT2D eigenvalue weighted by atomic mass is 16.5. The van der Waals surface area contributed by atoms with E-state index in [9.17, 15) is 0 Å². The Balaban J connectivity index is 3.99. The number of allylic oxidation sites excluding steroid dienone is 3. The lowest BCUT2D eigenvalue weighted by Crippen LogP contribution is -1.99. The molecule has 0 bridgehead atoms. The second-order valence-electron chi connectivity index (χ2n) is 4.45.